The Labute approximate surface area is 96.8 Å². The second kappa shape index (κ2) is 4.57. The lowest BCUT2D eigenvalue weighted by molar-refractivity contribution is 0.443. The van der Waals surface area contributed by atoms with Gasteiger partial charge in [0.1, 0.15) is 6.33 Å². The lowest BCUT2D eigenvalue weighted by Gasteiger charge is -2.34. The van der Waals surface area contributed by atoms with Crippen molar-refractivity contribution >= 4 is 32.6 Å². The van der Waals surface area contributed by atoms with Crippen LogP contribution in [0.15, 0.2) is 6.33 Å². The molecule has 2 atom stereocenters. The van der Waals surface area contributed by atoms with Crippen molar-refractivity contribution < 1.29 is 0 Å². The van der Waals surface area contributed by atoms with E-state index in [1.807, 2.05) is 0 Å². The van der Waals surface area contributed by atoms with Gasteiger partial charge in [0.2, 0.25) is 5.13 Å². The molecule has 0 amide bonds. The molecular formula is C9H14BrN3S. The molecule has 1 saturated carbocycles. The van der Waals surface area contributed by atoms with Gasteiger partial charge in [0.05, 0.1) is 0 Å². The summed E-state index contributed by atoms with van der Waals surface area (Å²) in [5, 5.41) is 1.03. The number of anilines is 1. The van der Waals surface area contributed by atoms with E-state index in [1.54, 1.807) is 6.33 Å². The summed E-state index contributed by atoms with van der Waals surface area (Å²) >= 11 is 5.23. The van der Waals surface area contributed by atoms with E-state index < -0.39 is 0 Å². The first-order valence-electron chi connectivity index (χ1n) is 4.92. The number of hydrogen-bond donors (Lipinski definition) is 0. The van der Waals surface area contributed by atoms with Gasteiger partial charge >= 0.3 is 0 Å². The van der Waals surface area contributed by atoms with Crippen LogP contribution in [0.25, 0.3) is 0 Å². The molecule has 0 spiro atoms. The Balaban J connectivity index is 2.06. The zero-order valence-electron chi connectivity index (χ0n) is 8.19. The van der Waals surface area contributed by atoms with Crippen molar-refractivity contribution in [2.24, 2.45) is 0 Å². The highest BCUT2D eigenvalue weighted by atomic mass is 79.9. The molecule has 1 heterocycles. The van der Waals surface area contributed by atoms with Crippen molar-refractivity contribution in [3.8, 4) is 0 Å². The molecule has 1 fully saturated rings. The smallest absolute Gasteiger partial charge is 0.204 e. The summed E-state index contributed by atoms with van der Waals surface area (Å²) in [7, 11) is 2.12. The molecule has 0 saturated heterocycles. The molecule has 2 unspecified atom stereocenters. The van der Waals surface area contributed by atoms with Crippen LogP contribution in [-0.4, -0.2) is 27.3 Å². The molecule has 1 aromatic heterocycles. The van der Waals surface area contributed by atoms with Crippen LogP contribution in [0, 0.1) is 0 Å². The summed E-state index contributed by atoms with van der Waals surface area (Å²) in [6.45, 7) is 0. The van der Waals surface area contributed by atoms with Crippen molar-refractivity contribution in [3.05, 3.63) is 6.33 Å². The van der Waals surface area contributed by atoms with Gasteiger partial charge in [-0.25, -0.2) is 4.98 Å². The van der Waals surface area contributed by atoms with Gasteiger partial charge in [-0.05, 0) is 12.8 Å². The third-order valence-corrected chi connectivity index (χ3v) is 4.62. The van der Waals surface area contributed by atoms with E-state index in [1.165, 1.54) is 37.2 Å². The minimum atomic E-state index is 0.580. The second-order valence-electron chi connectivity index (χ2n) is 3.70. The molecule has 5 heteroatoms. The van der Waals surface area contributed by atoms with E-state index in [9.17, 15) is 0 Å². The zero-order chi connectivity index (χ0) is 9.97. The molecule has 1 aliphatic rings. The second-order valence-corrected chi connectivity index (χ2v) is 5.64. The fourth-order valence-corrected chi connectivity index (χ4v) is 3.46. The number of aromatic nitrogens is 2. The van der Waals surface area contributed by atoms with Crippen LogP contribution in [0.1, 0.15) is 25.7 Å². The van der Waals surface area contributed by atoms with Crippen LogP contribution in [0.2, 0.25) is 0 Å². The normalized spacial score (nSPS) is 27.6. The first-order valence-corrected chi connectivity index (χ1v) is 6.61. The maximum atomic E-state index is 4.24. The van der Waals surface area contributed by atoms with Crippen LogP contribution in [0.3, 0.4) is 0 Å². The standard InChI is InChI=1S/C9H14BrN3S/c1-13(9-11-6-12-14-9)8-5-3-2-4-7(8)10/h6-8H,2-5H2,1H3. The Morgan fingerprint density at radius 1 is 1.50 bits per heavy atom. The SMILES string of the molecule is CN(c1ncns1)C1CCCCC1Br. The van der Waals surface area contributed by atoms with Gasteiger partial charge in [0.25, 0.3) is 0 Å². The highest BCUT2D eigenvalue weighted by Crippen LogP contribution is 2.30. The van der Waals surface area contributed by atoms with Crippen LogP contribution in [0.4, 0.5) is 5.13 Å². The molecule has 0 N–H and O–H groups in total. The summed E-state index contributed by atoms with van der Waals surface area (Å²) in [4.78, 5) is 7.10. The van der Waals surface area contributed by atoms with Crippen molar-refractivity contribution in [1.82, 2.24) is 9.36 Å². The lowest BCUT2D eigenvalue weighted by Crippen LogP contribution is -2.40. The molecule has 1 aliphatic carbocycles. The Kier molecular flexibility index (Phi) is 3.38. The summed E-state index contributed by atoms with van der Waals surface area (Å²) in [5.74, 6) is 0. The largest absolute Gasteiger partial charge is 0.346 e. The Morgan fingerprint density at radius 2 is 2.29 bits per heavy atom. The quantitative estimate of drug-likeness (QED) is 0.778. The van der Waals surface area contributed by atoms with Gasteiger partial charge in [0, 0.05) is 29.4 Å². The van der Waals surface area contributed by atoms with Crippen molar-refractivity contribution in [2.45, 2.75) is 36.6 Å². The molecule has 0 radical (unpaired) electrons. The predicted octanol–water partition coefficient (Wildman–Crippen LogP) is 2.68. The maximum absolute atomic E-state index is 4.24. The van der Waals surface area contributed by atoms with Gasteiger partial charge in [-0.15, -0.1) is 0 Å². The van der Waals surface area contributed by atoms with E-state index in [4.69, 9.17) is 0 Å². The maximum Gasteiger partial charge on any atom is 0.204 e. The lowest BCUT2D eigenvalue weighted by atomic mass is 9.94. The monoisotopic (exact) mass is 275 g/mol. The highest BCUT2D eigenvalue weighted by Gasteiger charge is 2.27. The average Bonchev–Trinajstić information content (AvgIpc) is 2.70. The van der Waals surface area contributed by atoms with E-state index >= 15 is 0 Å². The number of halogens is 1. The predicted molar refractivity (Wildman–Crippen MR) is 63.3 cm³/mol. The summed E-state index contributed by atoms with van der Waals surface area (Å²) in [5.41, 5.74) is 0. The Bertz CT molecular complexity index is 278. The minimum Gasteiger partial charge on any atom is -0.346 e. The van der Waals surface area contributed by atoms with Crippen LogP contribution < -0.4 is 4.90 Å². The molecule has 0 aliphatic heterocycles. The van der Waals surface area contributed by atoms with Gasteiger partial charge < -0.3 is 4.90 Å². The fraction of sp³-hybridized carbons (Fsp3) is 0.778. The topological polar surface area (TPSA) is 29.0 Å². The molecular weight excluding hydrogens is 262 g/mol. The molecule has 3 nitrogen and oxygen atoms in total. The molecule has 1 aromatic rings. The third-order valence-electron chi connectivity index (χ3n) is 2.80. The summed E-state index contributed by atoms with van der Waals surface area (Å²) in [6.07, 6.45) is 6.83. The van der Waals surface area contributed by atoms with Crippen molar-refractivity contribution in [1.29, 1.82) is 0 Å². The van der Waals surface area contributed by atoms with Crippen molar-refractivity contribution in [2.75, 3.05) is 11.9 Å². The number of alkyl halides is 1. The van der Waals surface area contributed by atoms with Crippen molar-refractivity contribution in [3.63, 3.8) is 0 Å². The van der Waals surface area contributed by atoms with Gasteiger partial charge in [-0.2, -0.15) is 4.37 Å². The van der Waals surface area contributed by atoms with Crippen LogP contribution in [-0.2, 0) is 0 Å². The van der Waals surface area contributed by atoms with E-state index in [0.29, 0.717) is 10.9 Å². The summed E-state index contributed by atoms with van der Waals surface area (Å²) < 4.78 is 4.04. The minimum absolute atomic E-state index is 0.580. The number of hydrogen-bond acceptors (Lipinski definition) is 4. The molecule has 0 bridgehead atoms. The van der Waals surface area contributed by atoms with Gasteiger partial charge in [-0.1, -0.05) is 28.8 Å². The molecule has 14 heavy (non-hydrogen) atoms. The highest BCUT2D eigenvalue weighted by molar-refractivity contribution is 9.09. The Morgan fingerprint density at radius 3 is 2.93 bits per heavy atom. The van der Waals surface area contributed by atoms with Crippen LogP contribution in [0.5, 0.6) is 0 Å². The summed E-state index contributed by atoms with van der Waals surface area (Å²) in [6, 6.07) is 0.580. The fourth-order valence-electron chi connectivity index (χ4n) is 1.97. The molecule has 78 valence electrons. The van der Waals surface area contributed by atoms with Crippen LogP contribution >= 0.6 is 27.5 Å². The number of nitrogens with zero attached hydrogens (tertiary/aromatic N) is 3. The van der Waals surface area contributed by atoms with Gasteiger partial charge in [0.15, 0.2) is 0 Å². The van der Waals surface area contributed by atoms with E-state index in [0.717, 1.165) is 5.13 Å². The zero-order valence-corrected chi connectivity index (χ0v) is 10.6. The average molecular weight is 276 g/mol. The third kappa shape index (κ3) is 2.08. The molecule has 0 aromatic carbocycles. The number of rotatable bonds is 2. The first kappa shape index (κ1) is 10.4. The first-order chi connectivity index (χ1) is 6.79. The molecule has 2 rings (SSSR count). The van der Waals surface area contributed by atoms with E-state index in [-0.39, 0.29) is 0 Å². The van der Waals surface area contributed by atoms with Gasteiger partial charge in [-0.3, -0.25) is 0 Å². The van der Waals surface area contributed by atoms with E-state index in [2.05, 4.69) is 37.2 Å². The Hall–Kier alpha value is -0.160.